The maximum absolute atomic E-state index is 10.6. The van der Waals surface area contributed by atoms with E-state index in [0.29, 0.717) is 18.8 Å². The van der Waals surface area contributed by atoms with E-state index in [1.54, 1.807) is 0 Å². The Hall–Kier alpha value is -1.69. The van der Waals surface area contributed by atoms with Gasteiger partial charge in [-0.25, -0.2) is 9.97 Å². The molecule has 1 aliphatic rings. The molecule has 1 aromatic rings. The van der Waals surface area contributed by atoms with E-state index in [9.17, 15) is 4.79 Å². The van der Waals surface area contributed by atoms with Crippen LogP contribution in [0, 0.1) is 0 Å². The SMILES string of the molecule is CN1Cc2nc(N)nc(CC(=O)O)c2C1. The molecule has 1 aliphatic heterocycles. The minimum atomic E-state index is -0.898. The third-order valence-electron chi connectivity index (χ3n) is 2.36. The Morgan fingerprint density at radius 2 is 2.27 bits per heavy atom. The molecule has 0 amide bonds. The summed E-state index contributed by atoms with van der Waals surface area (Å²) in [6.07, 6.45) is -0.0944. The van der Waals surface area contributed by atoms with Crippen LogP contribution in [0.4, 0.5) is 5.95 Å². The van der Waals surface area contributed by atoms with Crippen LogP contribution in [-0.4, -0.2) is 33.0 Å². The van der Waals surface area contributed by atoms with Gasteiger partial charge in [-0.2, -0.15) is 0 Å². The van der Waals surface area contributed by atoms with Crippen LogP contribution in [0.5, 0.6) is 0 Å². The number of nitrogen functional groups attached to an aromatic ring is 1. The Labute approximate surface area is 86.7 Å². The summed E-state index contributed by atoms with van der Waals surface area (Å²) in [5.74, 6) is -0.745. The predicted octanol–water partition coefficient (Wildman–Crippen LogP) is -0.369. The van der Waals surface area contributed by atoms with Crippen molar-refractivity contribution in [1.82, 2.24) is 14.9 Å². The molecule has 0 aromatic carbocycles. The quantitative estimate of drug-likeness (QED) is 0.689. The van der Waals surface area contributed by atoms with Gasteiger partial charge >= 0.3 is 5.97 Å². The average molecular weight is 208 g/mol. The van der Waals surface area contributed by atoms with Crippen LogP contribution in [0.1, 0.15) is 17.0 Å². The second-order valence-corrected chi connectivity index (χ2v) is 3.70. The first kappa shape index (κ1) is 9.85. The second kappa shape index (κ2) is 3.47. The van der Waals surface area contributed by atoms with Crippen LogP contribution >= 0.6 is 0 Å². The van der Waals surface area contributed by atoms with Crippen molar-refractivity contribution in [2.24, 2.45) is 0 Å². The number of hydrogen-bond acceptors (Lipinski definition) is 5. The number of carboxylic acid groups (broad SMARTS) is 1. The molecular weight excluding hydrogens is 196 g/mol. The lowest BCUT2D eigenvalue weighted by molar-refractivity contribution is -0.136. The second-order valence-electron chi connectivity index (χ2n) is 3.70. The molecule has 0 bridgehead atoms. The highest BCUT2D eigenvalue weighted by molar-refractivity contribution is 5.70. The van der Waals surface area contributed by atoms with Gasteiger partial charge < -0.3 is 10.8 Å². The Bertz CT molecular complexity index is 419. The monoisotopic (exact) mass is 208 g/mol. The lowest BCUT2D eigenvalue weighted by Crippen LogP contribution is -2.10. The van der Waals surface area contributed by atoms with E-state index in [1.807, 2.05) is 11.9 Å². The van der Waals surface area contributed by atoms with E-state index in [2.05, 4.69) is 9.97 Å². The van der Waals surface area contributed by atoms with Crippen molar-refractivity contribution in [1.29, 1.82) is 0 Å². The first-order chi connectivity index (χ1) is 7.06. The molecule has 2 heterocycles. The highest BCUT2D eigenvalue weighted by atomic mass is 16.4. The lowest BCUT2D eigenvalue weighted by atomic mass is 10.1. The van der Waals surface area contributed by atoms with E-state index < -0.39 is 5.97 Å². The molecule has 0 aliphatic carbocycles. The highest BCUT2D eigenvalue weighted by Crippen LogP contribution is 2.23. The van der Waals surface area contributed by atoms with Gasteiger partial charge in [-0.05, 0) is 7.05 Å². The smallest absolute Gasteiger partial charge is 0.309 e. The summed E-state index contributed by atoms with van der Waals surface area (Å²) in [5, 5.41) is 8.74. The van der Waals surface area contributed by atoms with Crippen LogP contribution in [0.25, 0.3) is 0 Å². The van der Waals surface area contributed by atoms with Gasteiger partial charge in [0.2, 0.25) is 5.95 Å². The summed E-state index contributed by atoms with van der Waals surface area (Å²) in [6, 6.07) is 0. The molecule has 3 N–H and O–H groups in total. The zero-order valence-electron chi connectivity index (χ0n) is 8.40. The fourth-order valence-electron chi connectivity index (χ4n) is 1.79. The molecule has 0 spiro atoms. The van der Waals surface area contributed by atoms with Gasteiger partial charge in [0.25, 0.3) is 0 Å². The van der Waals surface area contributed by atoms with Crippen LogP contribution < -0.4 is 5.73 Å². The molecule has 0 saturated carbocycles. The van der Waals surface area contributed by atoms with Crippen molar-refractivity contribution in [3.8, 4) is 0 Å². The van der Waals surface area contributed by atoms with E-state index in [-0.39, 0.29) is 12.4 Å². The Morgan fingerprint density at radius 3 is 2.93 bits per heavy atom. The fourth-order valence-corrected chi connectivity index (χ4v) is 1.79. The minimum absolute atomic E-state index is 0.0944. The molecule has 0 atom stereocenters. The average Bonchev–Trinajstić information content (AvgIpc) is 2.44. The third-order valence-corrected chi connectivity index (χ3v) is 2.36. The number of nitrogens with zero attached hydrogens (tertiary/aromatic N) is 3. The molecule has 2 rings (SSSR count). The van der Waals surface area contributed by atoms with Crippen LogP contribution in [0.3, 0.4) is 0 Å². The summed E-state index contributed by atoms with van der Waals surface area (Å²) < 4.78 is 0. The van der Waals surface area contributed by atoms with Crippen molar-refractivity contribution in [2.45, 2.75) is 19.5 Å². The first-order valence-electron chi connectivity index (χ1n) is 4.60. The number of aliphatic carboxylic acids is 1. The number of hydrogen-bond donors (Lipinski definition) is 2. The molecule has 0 fully saturated rings. The topological polar surface area (TPSA) is 92.3 Å². The Kier molecular flexibility index (Phi) is 2.28. The van der Waals surface area contributed by atoms with Crippen molar-refractivity contribution in [3.05, 3.63) is 17.0 Å². The summed E-state index contributed by atoms with van der Waals surface area (Å²) in [7, 11) is 1.95. The normalized spacial score (nSPS) is 15.3. The zero-order chi connectivity index (χ0) is 11.0. The largest absolute Gasteiger partial charge is 0.481 e. The summed E-state index contributed by atoms with van der Waals surface area (Å²) in [4.78, 5) is 20.8. The summed E-state index contributed by atoms with van der Waals surface area (Å²) in [5.41, 5.74) is 7.82. The number of aromatic nitrogens is 2. The molecule has 6 nitrogen and oxygen atoms in total. The van der Waals surface area contributed by atoms with Gasteiger partial charge in [-0.1, -0.05) is 0 Å². The van der Waals surface area contributed by atoms with Gasteiger partial charge in [0, 0.05) is 18.7 Å². The maximum atomic E-state index is 10.6. The highest BCUT2D eigenvalue weighted by Gasteiger charge is 2.23. The van der Waals surface area contributed by atoms with E-state index >= 15 is 0 Å². The van der Waals surface area contributed by atoms with Gasteiger partial charge in [0.15, 0.2) is 0 Å². The fraction of sp³-hybridized carbons (Fsp3) is 0.444. The number of rotatable bonds is 2. The minimum Gasteiger partial charge on any atom is -0.481 e. The maximum Gasteiger partial charge on any atom is 0.309 e. The Balaban J connectivity index is 2.42. The van der Waals surface area contributed by atoms with Crippen molar-refractivity contribution < 1.29 is 9.90 Å². The number of carbonyl (C=O) groups is 1. The molecule has 0 radical (unpaired) electrons. The molecule has 0 unspecified atom stereocenters. The van der Waals surface area contributed by atoms with E-state index in [4.69, 9.17) is 10.8 Å². The third kappa shape index (κ3) is 1.89. The number of anilines is 1. The molecule has 15 heavy (non-hydrogen) atoms. The molecule has 1 aromatic heterocycles. The van der Waals surface area contributed by atoms with Gasteiger partial charge in [-0.3, -0.25) is 9.69 Å². The number of carboxylic acids is 1. The van der Waals surface area contributed by atoms with Gasteiger partial charge in [0.1, 0.15) is 0 Å². The van der Waals surface area contributed by atoms with Gasteiger partial charge in [-0.15, -0.1) is 0 Å². The van der Waals surface area contributed by atoms with E-state index in [1.165, 1.54) is 0 Å². The number of fused-ring (bicyclic) bond motifs is 1. The van der Waals surface area contributed by atoms with Crippen LogP contribution in [0.15, 0.2) is 0 Å². The van der Waals surface area contributed by atoms with Crippen molar-refractivity contribution in [3.63, 3.8) is 0 Å². The van der Waals surface area contributed by atoms with Crippen LogP contribution in [-0.2, 0) is 24.3 Å². The Morgan fingerprint density at radius 1 is 1.53 bits per heavy atom. The molecule has 6 heteroatoms. The molecule has 0 saturated heterocycles. The zero-order valence-corrected chi connectivity index (χ0v) is 8.40. The van der Waals surface area contributed by atoms with E-state index in [0.717, 1.165) is 11.3 Å². The van der Waals surface area contributed by atoms with Crippen molar-refractivity contribution >= 4 is 11.9 Å². The standard InChI is InChI=1S/C9H12N4O2/c1-13-3-5-6(2-8(14)15)11-9(10)12-7(5)4-13/h2-4H2,1H3,(H,14,15)(H2,10,11,12). The lowest BCUT2D eigenvalue weighted by Gasteiger charge is -2.05. The van der Waals surface area contributed by atoms with Gasteiger partial charge in [0.05, 0.1) is 17.8 Å². The van der Waals surface area contributed by atoms with Crippen molar-refractivity contribution in [2.75, 3.05) is 12.8 Å². The summed E-state index contributed by atoms with van der Waals surface area (Å²) in [6.45, 7) is 1.40. The number of nitrogens with two attached hydrogens (primary N) is 1. The summed E-state index contributed by atoms with van der Waals surface area (Å²) >= 11 is 0. The predicted molar refractivity (Wildman–Crippen MR) is 53.0 cm³/mol. The molecule has 80 valence electrons. The first-order valence-corrected chi connectivity index (χ1v) is 4.60. The molecular formula is C9H12N4O2. The van der Waals surface area contributed by atoms with Crippen LogP contribution in [0.2, 0.25) is 0 Å².